The van der Waals surface area contributed by atoms with E-state index in [9.17, 15) is 18.0 Å². The SMILES string of the molecule is O=C(NCCCOCCO)c1ccc(Cl)c(C(F)(F)F)c1. The fraction of sp³-hybridized carbons (Fsp3) is 0.462. The van der Waals surface area contributed by atoms with Crippen molar-refractivity contribution in [1.82, 2.24) is 5.32 Å². The molecule has 0 aliphatic heterocycles. The van der Waals surface area contributed by atoms with E-state index in [0.29, 0.717) is 13.0 Å². The molecule has 1 amide bonds. The van der Waals surface area contributed by atoms with Crippen LogP contribution in [0.1, 0.15) is 22.3 Å². The highest BCUT2D eigenvalue weighted by molar-refractivity contribution is 6.31. The van der Waals surface area contributed by atoms with Gasteiger partial charge in [0, 0.05) is 18.7 Å². The summed E-state index contributed by atoms with van der Waals surface area (Å²) in [7, 11) is 0. The lowest BCUT2D eigenvalue weighted by molar-refractivity contribution is -0.137. The van der Waals surface area contributed by atoms with Crippen LogP contribution in [0.2, 0.25) is 5.02 Å². The van der Waals surface area contributed by atoms with Crippen LogP contribution in [-0.2, 0) is 10.9 Å². The highest BCUT2D eigenvalue weighted by Gasteiger charge is 2.33. The van der Waals surface area contributed by atoms with Gasteiger partial charge in [0.15, 0.2) is 0 Å². The van der Waals surface area contributed by atoms with E-state index in [4.69, 9.17) is 21.4 Å². The predicted octanol–water partition coefficient (Wildman–Crippen LogP) is 2.49. The number of benzene rings is 1. The number of nitrogens with one attached hydrogen (secondary N) is 1. The second-order valence-corrected chi connectivity index (χ2v) is 4.55. The zero-order valence-electron chi connectivity index (χ0n) is 11.0. The van der Waals surface area contributed by atoms with Crippen molar-refractivity contribution in [2.45, 2.75) is 12.6 Å². The Morgan fingerprint density at radius 2 is 2.05 bits per heavy atom. The monoisotopic (exact) mass is 325 g/mol. The Morgan fingerprint density at radius 3 is 2.67 bits per heavy atom. The molecule has 1 aromatic rings. The minimum atomic E-state index is -4.61. The number of ether oxygens (including phenoxy) is 1. The summed E-state index contributed by atoms with van der Waals surface area (Å²) in [6.45, 7) is 0.723. The number of hydrogen-bond donors (Lipinski definition) is 2. The van der Waals surface area contributed by atoms with E-state index >= 15 is 0 Å². The van der Waals surface area contributed by atoms with Crippen molar-refractivity contribution in [3.8, 4) is 0 Å². The number of aliphatic hydroxyl groups is 1. The van der Waals surface area contributed by atoms with Crippen LogP contribution in [-0.4, -0.2) is 37.4 Å². The van der Waals surface area contributed by atoms with Gasteiger partial charge in [-0.05, 0) is 24.6 Å². The molecule has 0 bridgehead atoms. The lowest BCUT2D eigenvalue weighted by Gasteiger charge is -2.11. The van der Waals surface area contributed by atoms with Crippen LogP contribution in [0, 0.1) is 0 Å². The number of halogens is 4. The second kappa shape index (κ2) is 8.21. The molecule has 0 aromatic heterocycles. The zero-order valence-corrected chi connectivity index (χ0v) is 11.8. The molecule has 118 valence electrons. The van der Waals surface area contributed by atoms with Gasteiger partial charge in [0.2, 0.25) is 0 Å². The standard InChI is InChI=1S/C13H15ClF3NO3/c14-11-3-2-9(8-10(11)13(15,16)17)12(20)18-4-1-6-21-7-5-19/h2-3,8,19H,1,4-7H2,(H,18,20). The van der Waals surface area contributed by atoms with Crippen molar-refractivity contribution >= 4 is 17.5 Å². The van der Waals surface area contributed by atoms with Gasteiger partial charge in [0.1, 0.15) is 0 Å². The van der Waals surface area contributed by atoms with Crippen molar-refractivity contribution in [2.24, 2.45) is 0 Å². The molecule has 0 fully saturated rings. The Bertz CT molecular complexity index is 480. The van der Waals surface area contributed by atoms with Gasteiger partial charge in [-0.15, -0.1) is 0 Å². The second-order valence-electron chi connectivity index (χ2n) is 4.14. The molecular formula is C13H15ClF3NO3. The van der Waals surface area contributed by atoms with Crippen LogP contribution in [0.4, 0.5) is 13.2 Å². The molecule has 0 aliphatic rings. The zero-order chi connectivity index (χ0) is 15.9. The molecule has 21 heavy (non-hydrogen) atoms. The number of aliphatic hydroxyl groups excluding tert-OH is 1. The average Bonchev–Trinajstić information content (AvgIpc) is 2.41. The third-order valence-electron chi connectivity index (χ3n) is 2.52. The molecule has 0 unspecified atom stereocenters. The Hall–Kier alpha value is -1.31. The number of hydrogen-bond acceptors (Lipinski definition) is 3. The van der Waals surface area contributed by atoms with E-state index in [1.54, 1.807) is 0 Å². The van der Waals surface area contributed by atoms with Gasteiger partial charge < -0.3 is 15.2 Å². The molecule has 4 nitrogen and oxygen atoms in total. The van der Waals surface area contributed by atoms with Gasteiger partial charge in [-0.3, -0.25) is 4.79 Å². The lowest BCUT2D eigenvalue weighted by Crippen LogP contribution is -2.25. The van der Waals surface area contributed by atoms with Crippen LogP contribution in [0.5, 0.6) is 0 Å². The average molecular weight is 326 g/mol. The molecule has 1 aromatic carbocycles. The van der Waals surface area contributed by atoms with Gasteiger partial charge in [-0.2, -0.15) is 13.2 Å². The maximum atomic E-state index is 12.7. The topological polar surface area (TPSA) is 58.6 Å². The Morgan fingerprint density at radius 1 is 1.33 bits per heavy atom. The van der Waals surface area contributed by atoms with Crippen molar-refractivity contribution in [2.75, 3.05) is 26.4 Å². The summed E-state index contributed by atoms with van der Waals surface area (Å²) in [5.74, 6) is -0.612. The fourth-order valence-electron chi connectivity index (χ4n) is 1.53. The molecule has 0 aliphatic carbocycles. The summed E-state index contributed by atoms with van der Waals surface area (Å²) in [5.41, 5.74) is -1.15. The van der Waals surface area contributed by atoms with Crippen LogP contribution in [0.25, 0.3) is 0 Å². The Labute approximate surface area is 124 Å². The maximum Gasteiger partial charge on any atom is 0.417 e. The minimum absolute atomic E-state index is 0.0860. The molecule has 0 spiro atoms. The van der Waals surface area contributed by atoms with Crippen molar-refractivity contribution < 1.29 is 27.8 Å². The van der Waals surface area contributed by atoms with E-state index in [1.807, 2.05) is 0 Å². The smallest absolute Gasteiger partial charge is 0.394 e. The number of carbonyl (C=O) groups excluding carboxylic acids is 1. The minimum Gasteiger partial charge on any atom is -0.394 e. The lowest BCUT2D eigenvalue weighted by atomic mass is 10.1. The van der Waals surface area contributed by atoms with Gasteiger partial charge in [0.25, 0.3) is 5.91 Å². The molecule has 8 heteroatoms. The van der Waals surface area contributed by atoms with Crippen molar-refractivity contribution in [3.05, 3.63) is 34.3 Å². The number of carbonyl (C=O) groups is 1. The van der Waals surface area contributed by atoms with Gasteiger partial charge >= 0.3 is 6.18 Å². The first kappa shape index (κ1) is 17.7. The van der Waals surface area contributed by atoms with E-state index in [1.165, 1.54) is 6.07 Å². The summed E-state index contributed by atoms with van der Waals surface area (Å²) in [6, 6.07) is 3.00. The first-order chi connectivity index (χ1) is 9.86. The molecular weight excluding hydrogens is 311 g/mol. The highest BCUT2D eigenvalue weighted by atomic mass is 35.5. The summed E-state index contributed by atoms with van der Waals surface area (Å²) in [6.07, 6.45) is -4.11. The summed E-state index contributed by atoms with van der Waals surface area (Å²) in [5, 5.41) is 10.5. The van der Waals surface area contributed by atoms with E-state index in [2.05, 4.69) is 5.32 Å². The Balaban J connectivity index is 2.55. The van der Waals surface area contributed by atoms with Crippen LogP contribution < -0.4 is 5.32 Å². The number of rotatable bonds is 7. The van der Waals surface area contributed by atoms with E-state index in [0.717, 1.165) is 12.1 Å². The molecule has 0 saturated carbocycles. The van der Waals surface area contributed by atoms with Crippen LogP contribution >= 0.6 is 11.6 Å². The molecule has 0 saturated heterocycles. The van der Waals surface area contributed by atoms with Gasteiger partial charge in [0.05, 0.1) is 23.8 Å². The van der Waals surface area contributed by atoms with Crippen molar-refractivity contribution in [1.29, 1.82) is 0 Å². The highest BCUT2D eigenvalue weighted by Crippen LogP contribution is 2.35. The van der Waals surface area contributed by atoms with E-state index < -0.39 is 22.7 Å². The van der Waals surface area contributed by atoms with Crippen LogP contribution in [0.3, 0.4) is 0 Å². The summed E-state index contributed by atoms with van der Waals surface area (Å²) >= 11 is 5.47. The molecule has 0 atom stereocenters. The largest absolute Gasteiger partial charge is 0.417 e. The quantitative estimate of drug-likeness (QED) is 0.757. The van der Waals surface area contributed by atoms with Crippen molar-refractivity contribution in [3.63, 3.8) is 0 Å². The fourth-order valence-corrected chi connectivity index (χ4v) is 1.75. The third-order valence-corrected chi connectivity index (χ3v) is 2.85. The maximum absolute atomic E-state index is 12.7. The van der Waals surface area contributed by atoms with Gasteiger partial charge in [-0.1, -0.05) is 11.6 Å². The molecule has 1 rings (SSSR count). The van der Waals surface area contributed by atoms with E-state index in [-0.39, 0.29) is 25.3 Å². The predicted molar refractivity (Wildman–Crippen MR) is 71.3 cm³/mol. The number of alkyl halides is 3. The summed E-state index contributed by atoms with van der Waals surface area (Å²) < 4.78 is 43.0. The first-order valence-electron chi connectivity index (χ1n) is 6.20. The Kier molecular flexibility index (Phi) is 6.94. The molecule has 0 radical (unpaired) electrons. The molecule has 0 heterocycles. The van der Waals surface area contributed by atoms with Crippen LogP contribution in [0.15, 0.2) is 18.2 Å². The van der Waals surface area contributed by atoms with Gasteiger partial charge in [-0.25, -0.2) is 0 Å². The summed E-state index contributed by atoms with van der Waals surface area (Å²) in [4.78, 5) is 11.7. The molecule has 2 N–H and O–H groups in total. The normalized spacial score (nSPS) is 11.5. The number of amides is 1. The first-order valence-corrected chi connectivity index (χ1v) is 6.57. The third kappa shape index (κ3) is 5.91.